The lowest BCUT2D eigenvalue weighted by Crippen LogP contribution is -2.42. The molecule has 0 aromatic rings. The van der Waals surface area contributed by atoms with Crippen molar-refractivity contribution in [2.45, 2.75) is 63.2 Å². The maximum atomic E-state index is 11.6. The van der Waals surface area contributed by atoms with Crippen molar-refractivity contribution in [3.63, 3.8) is 0 Å². The molecule has 1 amide bonds. The average molecular weight is 276 g/mol. The van der Waals surface area contributed by atoms with Crippen molar-refractivity contribution >= 4 is 21.8 Å². The fraction of sp³-hybridized carbons (Fsp3) is 0.917. The predicted molar refractivity (Wildman–Crippen MR) is 67.2 cm³/mol. The number of hydrogen-bond acceptors (Lipinski definition) is 1. The first kappa shape index (κ1) is 13.0. The van der Waals surface area contributed by atoms with E-state index in [1.54, 1.807) is 0 Å². The zero-order valence-corrected chi connectivity index (χ0v) is 11.3. The van der Waals surface area contributed by atoms with Crippen molar-refractivity contribution in [3.05, 3.63) is 0 Å². The summed E-state index contributed by atoms with van der Waals surface area (Å²) in [5.74, 6) is 0.835. The van der Waals surface area contributed by atoms with E-state index in [0.717, 1.165) is 12.8 Å². The van der Waals surface area contributed by atoms with E-state index in [2.05, 4.69) is 35.1 Å². The molecule has 88 valence electrons. The molecule has 1 N–H and O–H groups in total. The third-order valence-electron chi connectivity index (χ3n) is 2.98. The lowest BCUT2D eigenvalue weighted by molar-refractivity contribution is -0.122. The van der Waals surface area contributed by atoms with Gasteiger partial charge in [-0.1, -0.05) is 42.6 Å². The third-order valence-corrected chi connectivity index (χ3v) is 4.07. The average Bonchev–Trinajstić information content (AvgIpc) is 2.18. The molecule has 0 radical (unpaired) electrons. The van der Waals surface area contributed by atoms with Crippen molar-refractivity contribution in [2.75, 3.05) is 0 Å². The highest BCUT2D eigenvalue weighted by Gasteiger charge is 2.23. The maximum absolute atomic E-state index is 11.6. The number of nitrogens with one attached hydrogen (secondary N) is 1. The molecule has 0 heterocycles. The van der Waals surface area contributed by atoms with Crippen LogP contribution in [0.15, 0.2) is 0 Å². The van der Waals surface area contributed by atoms with E-state index in [0.29, 0.717) is 23.2 Å². The van der Waals surface area contributed by atoms with Crippen LogP contribution in [0.1, 0.15) is 52.4 Å². The third kappa shape index (κ3) is 5.01. The Balaban J connectivity index is 2.24. The Labute approximate surface area is 101 Å². The molecule has 0 aromatic carbocycles. The number of halogens is 1. The molecular weight excluding hydrogens is 254 g/mol. The SMILES string of the molecule is CC(C)CCC(=O)NC1CCCCC1Br. The van der Waals surface area contributed by atoms with Crippen molar-refractivity contribution in [3.8, 4) is 0 Å². The molecule has 1 aliphatic rings. The Morgan fingerprint density at radius 2 is 2.07 bits per heavy atom. The smallest absolute Gasteiger partial charge is 0.220 e. The van der Waals surface area contributed by atoms with Crippen LogP contribution in [0.5, 0.6) is 0 Å². The second-order valence-electron chi connectivity index (χ2n) is 4.91. The van der Waals surface area contributed by atoms with Crippen LogP contribution in [0, 0.1) is 5.92 Å². The van der Waals surface area contributed by atoms with Crippen molar-refractivity contribution in [1.82, 2.24) is 5.32 Å². The Morgan fingerprint density at radius 3 is 2.67 bits per heavy atom. The minimum atomic E-state index is 0.222. The lowest BCUT2D eigenvalue weighted by Gasteiger charge is -2.28. The molecule has 2 nitrogen and oxygen atoms in total. The normalized spacial score (nSPS) is 26.7. The number of carbonyl (C=O) groups is 1. The summed E-state index contributed by atoms with van der Waals surface area (Å²) in [7, 11) is 0. The van der Waals surface area contributed by atoms with E-state index in [1.165, 1.54) is 19.3 Å². The van der Waals surface area contributed by atoms with Crippen LogP contribution in [0.2, 0.25) is 0 Å². The summed E-state index contributed by atoms with van der Waals surface area (Å²) in [6, 6.07) is 0.360. The van der Waals surface area contributed by atoms with Gasteiger partial charge in [0.05, 0.1) is 0 Å². The largest absolute Gasteiger partial charge is 0.352 e. The molecule has 2 unspecified atom stereocenters. The lowest BCUT2D eigenvalue weighted by atomic mass is 9.95. The topological polar surface area (TPSA) is 29.1 Å². The van der Waals surface area contributed by atoms with Crippen LogP contribution >= 0.6 is 15.9 Å². The van der Waals surface area contributed by atoms with Gasteiger partial charge in [0.25, 0.3) is 0 Å². The highest BCUT2D eigenvalue weighted by atomic mass is 79.9. The molecule has 1 fully saturated rings. The van der Waals surface area contributed by atoms with Gasteiger partial charge in [-0.3, -0.25) is 4.79 Å². The Morgan fingerprint density at radius 1 is 1.40 bits per heavy atom. The minimum absolute atomic E-state index is 0.222. The number of rotatable bonds is 4. The standard InChI is InChI=1S/C12H22BrNO/c1-9(2)7-8-12(15)14-11-6-4-3-5-10(11)13/h9-11H,3-8H2,1-2H3,(H,14,15). The van der Waals surface area contributed by atoms with Gasteiger partial charge in [-0.05, 0) is 25.2 Å². The highest BCUT2D eigenvalue weighted by molar-refractivity contribution is 9.09. The summed E-state index contributed by atoms with van der Waals surface area (Å²) in [6.45, 7) is 4.31. The van der Waals surface area contributed by atoms with Crippen molar-refractivity contribution in [2.24, 2.45) is 5.92 Å². The zero-order chi connectivity index (χ0) is 11.3. The molecule has 0 aliphatic heterocycles. The van der Waals surface area contributed by atoms with Gasteiger partial charge in [0, 0.05) is 17.3 Å². The zero-order valence-electron chi connectivity index (χ0n) is 9.76. The number of hydrogen-bond donors (Lipinski definition) is 1. The molecule has 0 saturated heterocycles. The highest BCUT2D eigenvalue weighted by Crippen LogP contribution is 2.24. The van der Waals surface area contributed by atoms with Gasteiger partial charge in [-0.15, -0.1) is 0 Å². The van der Waals surface area contributed by atoms with E-state index in [9.17, 15) is 4.79 Å². The van der Waals surface area contributed by atoms with Gasteiger partial charge in [-0.25, -0.2) is 0 Å². The van der Waals surface area contributed by atoms with E-state index < -0.39 is 0 Å². The molecule has 2 atom stereocenters. The van der Waals surface area contributed by atoms with Gasteiger partial charge in [0.15, 0.2) is 0 Å². The molecule has 1 saturated carbocycles. The summed E-state index contributed by atoms with van der Waals surface area (Å²) in [4.78, 5) is 12.1. The fourth-order valence-electron chi connectivity index (χ4n) is 1.95. The fourth-order valence-corrected chi connectivity index (χ4v) is 2.67. The first-order chi connectivity index (χ1) is 7.09. The second-order valence-corrected chi connectivity index (χ2v) is 6.08. The van der Waals surface area contributed by atoms with E-state index in [4.69, 9.17) is 0 Å². The first-order valence-corrected chi connectivity index (χ1v) is 6.94. The Hall–Kier alpha value is -0.0500. The first-order valence-electron chi connectivity index (χ1n) is 6.03. The van der Waals surface area contributed by atoms with Crippen LogP contribution in [0.25, 0.3) is 0 Å². The molecule has 1 aliphatic carbocycles. The summed E-state index contributed by atoms with van der Waals surface area (Å²) in [6.07, 6.45) is 6.52. The molecule has 3 heteroatoms. The Kier molecular flexibility index (Phi) is 5.65. The van der Waals surface area contributed by atoms with Crippen LogP contribution in [0.3, 0.4) is 0 Å². The number of alkyl halides is 1. The monoisotopic (exact) mass is 275 g/mol. The van der Waals surface area contributed by atoms with Crippen molar-refractivity contribution < 1.29 is 4.79 Å². The van der Waals surface area contributed by atoms with E-state index in [-0.39, 0.29) is 5.91 Å². The molecule has 0 spiro atoms. The van der Waals surface area contributed by atoms with Gasteiger partial charge >= 0.3 is 0 Å². The quantitative estimate of drug-likeness (QED) is 0.785. The predicted octanol–water partition coefficient (Wildman–Crippen LogP) is 3.24. The molecule has 0 bridgehead atoms. The number of amides is 1. The summed E-state index contributed by atoms with van der Waals surface area (Å²) in [5, 5.41) is 3.14. The Bertz CT molecular complexity index is 206. The molecule has 1 rings (SSSR count). The van der Waals surface area contributed by atoms with Crippen LogP contribution < -0.4 is 5.32 Å². The summed E-state index contributed by atoms with van der Waals surface area (Å²) >= 11 is 3.65. The van der Waals surface area contributed by atoms with E-state index in [1.807, 2.05) is 0 Å². The maximum Gasteiger partial charge on any atom is 0.220 e. The van der Waals surface area contributed by atoms with Crippen molar-refractivity contribution in [1.29, 1.82) is 0 Å². The van der Waals surface area contributed by atoms with Gasteiger partial charge in [-0.2, -0.15) is 0 Å². The molecular formula is C12H22BrNO. The van der Waals surface area contributed by atoms with Crippen LogP contribution in [0.4, 0.5) is 0 Å². The molecule has 15 heavy (non-hydrogen) atoms. The second kappa shape index (κ2) is 6.51. The van der Waals surface area contributed by atoms with Gasteiger partial charge in [0.1, 0.15) is 0 Å². The summed E-state index contributed by atoms with van der Waals surface area (Å²) < 4.78 is 0. The van der Waals surface area contributed by atoms with Gasteiger partial charge in [0.2, 0.25) is 5.91 Å². The van der Waals surface area contributed by atoms with E-state index >= 15 is 0 Å². The minimum Gasteiger partial charge on any atom is -0.352 e. The van der Waals surface area contributed by atoms with Crippen LogP contribution in [-0.2, 0) is 4.79 Å². The molecule has 0 aromatic heterocycles. The van der Waals surface area contributed by atoms with Gasteiger partial charge < -0.3 is 5.32 Å². The number of carbonyl (C=O) groups excluding carboxylic acids is 1. The van der Waals surface area contributed by atoms with Crippen LogP contribution in [-0.4, -0.2) is 16.8 Å². The summed E-state index contributed by atoms with van der Waals surface area (Å²) in [5.41, 5.74) is 0.